The third-order valence-corrected chi connectivity index (χ3v) is 3.61. The summed E-state index contributed by atoms with van der Waals surface area (Å²) in [6.45, 7) is 5.17. The van der Waals surface area contributed by atoms with Crippen molar-refractivity contribution in [2.24, 2.45) is 0 Å². The minimum Gasteiger partial charge on any atom is -0.486 e. The molecule has 1 aromatic carbocycles. The first-order valence-corrected chi connectivity index (χ1v) is 6.80. The Balaban J connectivity index is 1.62. The Bertz CT molecular complexity index is 560. The van der Waals surface area contributed by atoms with Crippen LogP contribution in [0.3, 0.4) is 0 Å². The van der Waals surface area contributed by atoms with Gasteiger partial charge in [-0.25, -0.2) is 0 Å². The van der Waals surface area contributed by atoms with Gasteiger partial charge in [-0.05, 0) is 30.2 Å². The van der Waals surface area contributed by atoms with E-state index in [4.69, 9.17) is 9.47 Å². The van der Waals surface area contributed by atoms with Crippen LogP contribution in [0, 0.1) is 0 Å². The van der Waals surface area contributed by atoms with Gasteiger partial charge in [-0.2, -0.15) is 0 Å². The van der Waals surface area contributed by atoms with Crippen molar-refractivity contribution in [2.45, 2.75) is 13.5 Å². The predicted molar refractivity (Wildman–Crippen MR) is 74.8 cm³/mol. The smallest absolute Gasteiger partial charge is 0.247 e. The van der Waals surface area contributed by atoms with E-state index in [9.17, 15) is 4.79 Å². The van der Waals surface area contributed by atoms with Crippen LogP contribution in [0.25, 0.3) is 0 Å². The number of fused-ring (bicyclic) bond motifs is 1. The lowest BCUT2D eigenvalue weighted by Crippen LogP contribution is -2.37. The highest BCUT2D eigenvalue weighted by atomic mass is 16.6. The second-order valence-corrected chi connectivity index (χ2v) is 4.99. The summed E-state index contributed by atoms with van der Waals surface area (Å²) in [6.07, 6.45) is 0. The first kappa shape index (κ1) is 13.0. The number of nitrogens with one attached hydrogen (secondary N) is 2. The third kappa shape index (κ3) is 2.63. The topological polar surface area (TPSA) is 59.6 Å². The molecule has 5 heteroatoms. The predicted octanol–water partition coefficient (Wildman–Crippen LogP) is 0.994. The van der Waals surface area contributed by atoms with E-state index in [1.54, 1.807) is 0 Å². The highest BCUT2D eigenvalue weighted by Crippen LogP contribution is 2.30. The summed E-state index contributed by atoms with van der Waals surface area (Å²) in [6, 6.07) is 5.75. The molecule has 1 fully saturated rings. The van der Waals surface area contributed by atoms with E-state index in [1.165, 1.54) is 5.57 Å². The van der Waals surface area contributed by atoms with E-state index in [0.717, 1.165) is 35.7 Å². The second-order valence-electron chi connectivity index (χ2n) is 4.99. The largest absolute Gasteiger partial charge is 0.486 e. The molecule has 106 valence electrons. The average Bonchev–Trinajstić information content (AvgIpc) is 2.42. The maximum Gasteiger partial charge on any atom is 0.247 e. The van der Waals surface area contributed by atoms with Crippen molar-refractivity contribution in [2.75, 3.05) is 26.3 Å². The molecule has 1 aromatic rings. The van der Waals surface area contributed by atoms with Crippen LogP contribution in [0.1, 0.15) is 12.5 Å². The third-order valence-electron chi connectivity index (χ3n) is 3.61. The van der Waals surface area contributed by atoms with Gasteiger partial charge >= 0.3 is 0 Å². The maximum absolute atomic E-state index is 12.0. The molecule has 0 saturated carbocycles. The fraction of sp³-hybridized carbons (Fsp3) is 0.400. The molecule has 0 spiro atoms. The molecular formula is C15H18N2O3. The number of hydrogen-bond acceptors (Lipinski definition) is 4. The number of benzene rings is 1. The van der Waals surface area contributed by atoms with Gasteiger partial charge in [0.1, 0.15) is 13.2 Å². The van der Waals surface area contributed by atoms with E-state index in [0.29, 0.717) is 19.8 Å². The van der Waals surface area contributed by atoms with Crippen LogP contribution in [-0.2, 0) is 11.3 Å². The Morgan fingerprint density at radius 3 is 2.70 bits per heavy atom. The molecule has 1 saturated heterocycles. The number of amides is 1. The number of carbonyl (C=O) groups is 1. The summed E-state index contributed by atoms with van der Waals surface area (Å²) in [5.74, 6) is 1.52. The zero-order valence-electron chi connectivity index (χ0n) is 11.5. The molecule has 0 radical (unpaired) electrons. The number of rotatable bonds is 3. The molecule has 20 heavy (non-hydrogen) atoms. The summed E-state index contributed by atoms with van der Waals surface area (Å²) in [4.78, 5) is 12.0. The molecule has 0 unspecified atom stereocenters. The van der Waals surface area contributed by atoms with Gasteiger partial charge in [0.05, 0.1) is 0 Å². The van der Waals surface area contributed by atoms with Crippen molar-refractivity contribution in [1.82, 2.24) is 10.6 Å². The molecular weight excluding hydrogens is 256 g/mol. The summed E-state index contributed by atoms with van der Waals surface area (Å²) >= 11 is 0. The summed E-state index contributed by atoms with van der Waals surface area (Å²) in [5, 5.41) is 6.07. The Morgan fingerprint density at radius 1 is 1.25 bits per heavy atom. The van der Waals surface area contributed by atoms with E-state index < -0.39 is 0 Å². The van der Waals surface area contributed by atoms with Crippen molar-refractivity contribution in [3.63, 3.8) is 0 Å². The lowest BCUT2D eigenvalue weighted by Gasteiger charge is -2.21. The molecule has 0 aliphatic carbocycles. The molecule has 0 aromatic heterocycles. The SMILES string of the molecule is CC(C(=O)NCc1ccc2c(c1)OCCO2)=C1CNC1. The van der Waals surface area contributed by atoms with E-state index in [-0.39, 0.29) is 5.91 Å². The van der Waals surface area contributed by atoms with Gasteiger partial charge in [0, 0.05) is 25.2 Å². The number of ether oxygens (including phenoxy) is 2. The van der Waals surface area contributed by atoms with E-state index in [1.807, 2.05) is 25.1 Å². The minimum absolute atomic E-state index is 0.00334. The van der Waals surface area contributed by atoms with Crippen molar-refractivity contribution in [1.29, 1.82) is 0 Å². The fourth-order valence-corrected chi connectivity index (χ4v) is 2.19. The fourth-order valence-electron chi connectivity index (χ4n) is 2.19. The Kier molecular flexibility index (Phi) is 3.60. The Hall–Kier alpha value is -2.01. The highest BCUT2D eigenvalue weighted by Gasteiger charge is 2.16. The van der Waals surface area contributed by atoms with Crippen molar-refractivity contribution >= 4 is 5.91 Å². The standard InChI is InChI=1S/C15H18N2O3/c1-10(12-8-16-9-12)15(18)17-7-11-2-3-13-14(6-11)20-5-4-19-13/h2-3,6,16H,4-5,7-9H2,1H3,(H,17,18). The molecule has 2 heterocycles. The molecule has 2 N–H and O–H groups in total. The van der Waals surface area contributed by atoms with Gasteiger partial charge in [0.2, 0.25) is 5.91 Å². The van der Waals surface area contributed by atoms with Gasteiger partial charge < -0.3 is 20.1 Å². The van der Waals surface area contributed by atoms with Crippen LogP contribution in [-0.4, -0.2) is 32.2 Å². The van der Waals surface area contributed by atoms with Crippen LogP contribution in [0.4, 0.5) is 0 Å². The molecule has 0 atom stereocenters. The molecule has 0 bridgehead atoms. The average molecular weight is 274 g/mol. The van der Waals surface area contributed by atoms with Crippen LogP contribution in [0.5, 0.6) is 11.5 Å². The molecule has 2 aliphatic rings. The lowest BCUT2D eigenvalue weighted by atomic mass is 10.0. The molecule has 5 nitrogen and oxygen atoms in total. The zero-order valence-corrected chi connectivity index (χ0v) is 11.5. The molecule has 1 amide bonds. The minimum atomic E-state index is -0.00334. The van der Waals surface area contributed by atoms with Crippen LogP contribution in [0.15, 0.2) is 29.3 Å². The summed E-state index contributed by atoms with van der Waals surface area (Å²) < 4.78 is 11.0. The van der Waals surface area contributed by atoms with Gasteiger partial charge in [-0.3, -0.25) is 4.79 Å². The summed E-state index contributed by atoms with van der Waals surface area (Å²) in [5.41, 5.74) is 3.01. The van der Waals surface area contributed by atoms with E-state index >= 15 is 0 Å². The van der Waals surface area contributed by atoms with Gasteiger partial charge in [0.25, 0.3) is 0 Å². The van der Waals surface area contributed by atoms with Crippen LogP contribution >= 0.6 is 0 Å². The number of carbonyl (C=O) groups excluding carboxylic acids is 1. The Morgan fingerprint density at radius 2 is 2.00 bits per heavy atom. The lowest BCUT2D eigenvalue weighted by molar-refractivity contribution is -0.117. The van der Waals surface area contributed by atoms with Gasteiger partial charge in [-0.15, -0.1) is 0 Å². The van der Waals surface area contributed by atoms with Crippen LogP contribution in [0.2, 0.25) is 0 Å². The highest BCUT2D eigenvalue weighted by molar-refractivity contribution is 5.93. The van der Waals surface area contributed by atoms with Crippen LogP contribution < -0.4 is 20.1 Å². The zero-order chi connectivity index (χ0) is 13.9. The van der Waals surface area contributed by atoms with Gasteiger partial charge in [-0.1, -0.05) is 6.07 Å². The normalized spacial score (nSPS) is 16.4. The Labute approximate surface area is 118 Å². The van der Waals surface area contributed by atoms with Crippen molar-refractivity contribution in [3.8, 4) is 11.5 Å². The van der Waals surface area contributed by atoms with Crippen molar-refractivity contribution in [3.05, 3.63) is 34.9 Å². The maximum atomic E-state index is 12.0. The number of hydrogen-bond donors (Lipinski definition) is 2. The monoisotopic (exact) mass is 274 g/mol. The first-order chi connectivity index (χ1) is 9.74. The first-order valence-electron chi connectivity index (χ1n) is 6.80. The van der Waals surface area contributed by atoms with E-state index in [2.05, 4.69) is 10.6 Å². The summed E-state index contributed by atoms with van der Waals surface area (Å²) in [7, 11) is 0. The van der Waals surface area contributed by atoms with Gasteiger partial charge in [0.15, 0.2) is 11.5 Å². The molecule has 3 rings (SSSR count). The van der Waals surface area contributed by atoms with Crippen molar-refractivity contribution < 1.29 is 14.3 Å². The second kappa shape index (κ2) is 5.54. The molecule has 2 aliphatic heterocycles. The quantitative estimate of drug-likeness (QED) is 0.807.